The van der Waals surface area contributed by atoms with Crippen molar-refractivity contribution < 1.29 is 9.15 Å². The van der Waals surface area contributed by atoms with Crippen LogP contribution >= 0.6 is 15.9 Å². The van der Waals surface area contributed by atoms with Gasteiger partial charge in [-0.15, -0.1) is 0 Å². The first-order valence-electron chi connectivity index (χ1n) is 7.08. The van der Waals surface area contributed by atoms with Gasteiger partial charge in [0.05, 0.1) is 0 Å². The van der Waals surface area contributed by atoms with Gasteiger partial charge in [-0.05, 0) is 36.8 Å². The van der Waals surface area contributed by atoms with Crippen LogP contribution in [0.25, 0.3) is 11.5 Å². The SMILES string of the molecule is CC(Oc1ccc(CBr)cc1)c1coc(-c2ccccc2)n1. The average molecular weight is 358 g/mol. The Labute approximate surface area is 138 Å². The molecule has 0 aliphatic heterocycles. The first-order chi connectivity index (χ1) is 10.8. The number of oxazole rings is 1. The van der Waals surface area contributed by atoms with Crippen LogP contribution in [0.5, 0.6) is 5.75 Å². The van der Waals surface area contributed by atoms with Crippen LogP contribution in [0.2, 0.25) is 0 Å². The zero-order chi connectivity index (χ0) is 15.4. The van der Waals surface area contributed by atoms with Crippen molar-refractivity contribution in [2.24, 2.45) is 0 Å². The summed E-state index contributed by atoms with van der Waals surface area (Å²) in [6.45, 7) is 1.96. The molecular weight excluding hydrogens is 342 g/mol. The van der Waals surface area contributed by atoms with Crippen molar-refractivity contribution in [2.75, 3.05) is 0 Å². The molecule has 1 unspecified atom stereocenters. The lowest BCUT2D eigenvalue weighted by Crippen LogP contribution is -2.03. The van der Waals surface area contributed by atoms with Gasteiger partial charge in [-0.1, -0.05) is 46.3 Å². The van der Waals surface area contributed by atoms with Crippen LogP contribution in [-0.2, 0) is 5.33 Å². The molecule has 1 atom stereocenters. The summed E-state index contributed by atoms with van der Waals surface area (Å²) in [5.41, 5.74) is 2.96. The standard InChI is InChI=1S/C18H16BrNO2/c1-13(22-16-9-7-14(11-19)8-10-16)17-12-21-18(20-17)15-5-3-2-4-6-15/h2-10,12-13H,11H2,1H3. The number of alkyl halides is 1. The van der Waals surface area contributed by atoms with E-state index in [1.54, 1.807) is 6.26 Å². The monoisotopic (exact) mass is 357 g/mol. The van der Waals surface area contributed by atoms with E-state index in [0.29, 0.717) is 5.89 Å². The highest BCUT2D eigenvalue weighted by Crippen LogP contribution is 2.25. The molecule has 3 rings (SSSR count). The van der Waals surface area contributed by atoms with Crippen molar-refractivity contribution in [3.8, 4) is 17.2 Å². The van der Waals surface area contributed by atoms with E-state index < -0.39 is 0 Å². The fraction of sp³-hybridized carbons (Fsp3) is 0.167. The van der Waals surface area contributed by atoms with Crippen molar-refractivity contribution in [1.82, 2.24) is 4.98 Å². The molecular formula is C18H16BrNO2. The summed E-state index contributed by atoms with van der Waals surface area (Å²) in [5.74, 6) is 1.43. The Balaban J connectivity index is 1.72. The lowest BCUT2D eigenvalue weighted by molar-refractivity contribution is 0.221. The van der Waals surface area contributed by atoms with Gasteiger partial charge in [-0.25, -0.2) is 4.98 Å². The number of aromatic nitrogens is 1. The molecule has 4 heteroatoms. The summed E-state index contributed by atoms with van der Waals surface area (Å²) in [6, 6.07) is 17.8. The van der Waals surface area contributed by atoms with Gasteiger partial charge in [-0.3, -0.25) is 0 Å². The van der Waals surface area contributed by atoms with E-state index in [4.69, 9.17) is 9.15 Å². The van der Waals surface area contributed by atoms with Gasteiger partial charge in [0.2, 0.25) is 5.89 Å². The molecule has 0 saturated carbocycles. The smallest absolute Gasteiger partial charge is 0.226 e. The molecule has 0 saturated heterocycles. The third kappa shape index (κ3) is 3.39. The first kappa shape index (κ1) is 14.9. The zero-order valence-electron chi connectivity index (χ0n) is 12.2. The van der Waals surface area contributed by atoms with Crippen LogP contribution in [0.4, 0.5) is 0 Å². The molecule has 0 bridgehead atoms. The van der Waals surface area contributed by atoms with Gasteiger partial charge in [0.1, 0.15) is 23.8 Å². The van der Waals surface area contributed by atoms with E-state index in [1.807, 2.05) is 61.5 Å². The Morgan fingerprint density at radius 3 is 2.50 bits per heavy atom. The minimum absolute atomic E-state index is 0.170. The second kappa shape index (κ2) is 6.79. The Kier molecular flexibility index (Phi) is 4.59. The summed E-state index contributed by atoms with van der Waals surface area (Å²) in [6.07, 6.45) is 1.48. The van der Waals surface area contributed by atoms with Crippen LogP contribution < -0.4 is 4.74 Å². The van der Waals surface area contributed by atoms with Gasteiger partial charge in [0.15, 0.2) is 0 Å². The topological polar surface area (TPSA) is 35.3 Å². The molecule has 0 N–H and O–H groups in total. The fourth-order valence-electron chi connectivity index (χ4n) is 2.11. The van der Waals surface area contributed by atoms with Gasteiger partial charge < -0.3 is 9.15 Å². The van der Waals surface area contributed by atoms with E-state index >= 15 is 0 Å². The summed E-state index contributed by atoms with van der Waals surface area (Å²) in [4.78, 5) is 4.51. The molecule has 2 aromatic carbocycles. The van der Waals surface area contributed by atoms with Crippen LogP contribution in [0.15, 0.2) is 65.3 Å². The minimum atomic E-state index is -0.170. The number of rotatable bonds is 5. The molecule has 0 radical (unpaired) electrons. The predicted molar refractivity (Wildman–Crippen MR) is 90.1 cm³/mol. The fourth-order valence-corrected chi connectivity index (χ4v) is 2.48. The maximum atomic E-state index is 5.91. The highest BCUT2D eigenvalue weighted by molar-refractivity contribution is 9.08. The number of ether oxygens (including phenoxy) is 1. The number of hydrogen-bond acceptors (Lipinski definition) is 3. The molecule has 112 valence electrons. The predicted octanol–water partition coefficient (Wildman–Crippen LogP) is 5.38. The lowest BCUT2D eigenvalue weighted by Gasteiger charge is -2.12. The van der Waals surface area contributed by atoms with Crippen molar-refractivity contribution in [1.29, 1.82) is 0 Å². The Morgan fingerprint density at radius 2 is 1.82 bits per heavy atom. The van der Waals surface area contributed by atoms with Crippen molar-refractivity contribution in [3.05, 3.63) is 72.1 Å². The summed E-state index contributed by atoms with van der Waals surface area (Å²) in [7, 11) is 0. The normalized spacial score (nSPS) is 12.1. The lowest BCUT2D eigenvalue weighted by atomic mass is 10.2. The molecule has 0 fully saturated rings. The van der Waals surface area contributed by atoms with Gasteiger partial charge in [0.25, 0.3) is 0 Å². The maximum absolute atomic E-state index is 5.91. The average Bonchev–Trinajstić information content (AvgIpc) is 3.06. The van der Waals surface area contributed by atoms with Crippen LogP contribution in [0, 0.1) is 0 Å². The summed E-state index contributed by atoms with van der Waals surface area (Å²) in [5, 5.41) is 0.840. The molecule has 0 spiro atoms. The number of benzene rings is 2. The Morgan fingerprint density at radius 1 is 1.09 bits per heavy atom. The third-order valence-corrected chi connectivity index (χ3v) is 4.00. The van der Waals surface area contributed by atoms with Crippen molar-refractivity contribution in [3.63, 3.8) is 0 Å². The van der Waals surface area contributed by atoms with E-state index in [9.17, 15) is 0 Å². The molecule has 0 aliphatic rings. The van der Waals surface area contributed by atoms with Crippen LogP contribution in [-0.4, -0.2) is 4.98 Å². The van der Waals surface area contributed by atoms with Crippen molar-refractivity contribution in [2.45, 2.75) is 18.4 Å². The highest BCUT2D eigenvalue weighted by Gasteiger charge is 2.14. The first-order valence-corrected chi connectivity index (χ1v) is 8.21. The number of halogens is 1. The van der Waals surface area contributed by atoms with Gasteiger partial charge in [0, 0.05) is 10.9 Å². The van der Waals surface area contributed by atoms with Crippen LogP contribution in [0.1, 0.15) is 24.3 Å². The van der Waals surface area contributed by atoms with E-state index in [1.165, 1.54) is 5.56 Å². The number of hydrogen-bond donors (Lipinski definition) is 0. The molecule has 1 heterocycles. The highest BCUT2D eigenvalue weighted by atomic mass is 79.9. The second-order valence-corrected chi connectivity index (χ2v) is 5.54. The number of nitrogens with zero attached hydrogens (tertiary/aromatic N) is 1. The van der Waals surface area contributed by atoms with Gasteiger partial charge in [-0.2, -0.15) is 0 Å². The van der Waals surface area contributed by atoms with E-state index in [-0.39, 0.29) is 6.10 Å². The Hall–Kier alpha value is -2.07. The summed E-state index contributed by atoms with van der Waals surface area (Å²) >= 11 is 3.43. The molecule has 3 aromatic rings. The molecule has 3 nitrogen and oxygen atoms in total. The molecule has 0 aliphatic carbocycles. The molecule has 1 aromatic heterocycles. The van der Waals surface area contributed by atoms with Crippen LogP contribution in [0.3, 0.4) is 0 Å². The van der Waals surface area contributed by atoms with Gasteiger partial charge >= 0.3 is 0 Å². The third-order valence-electron chi connectivity index (χ3n) is 3.35. The second-order valence-electron chi connectivity index (χ2n) is 4.98. The van der Waals surface area contributed by atoms with E-state index in [0.717, 1.165) is 22.3 Å². The minimum Gasteiger partial charge on any atom is -0.484 e. The Bertz CT molecular complexity index is 722. The quantitative estimate of drug-likeness (QED) is 0.575. The zero-order valence-corrected chi connectivity index (χ0v) is 13.8. The molecule has 0 amide bonds. The largest absolute Gasteiger partial charge is 0.484 e. The maximum Gasteiger partial charge on any atom is 0.226 e. The summed E-state index contributed by atoms with van der Waals surface area (Å²) < 4.78 is 11.5. The van der Waals surface area contributed by atoms with Crippen molar-refractivity contribution >= 4 is 15.9 Å². The molecule has 22 heavy (non-hydrogen) atoms. The van der Waals surface area contributed by atoms with E-state index in [2.05, 4.69) is 20.9 Å².